The molecule has 0 aliphatic heterocycles. The number of alkyl halides is 3. The van der Waals surface area contributed by atoms with Gasteiger partial charge in [0.05, 0.1) is 5.69 Å². The van der Waals surface area contributed by atoms with E-state index in [4.69, 9.17) is 11.6 Å². The van der Waals surface area contributed by atoms with Gasteiger partial charge in [0.1, 0.15) is 17.3 Å². The van der Waals surface area contributed by atoms with Gasteiger partial charge in [0, 0.05) is 6.07 Å². The van der Waals surface area contributed by atoms with Crippen LogP contribution < -0.4 is 10.1 Å². The summed E-state index contributed by atoms with van der Waals surface area (Å²) in [6, 6.07) is 7.00. The fourth-order valence-electron chi connectivity index (χ4n) is 1.32. The van der Waals surface area contributed by atoms with E-state index in [1.54, 1.807) is 6.07 Å². The van der Waals surface area contributed by atoms with Crippen LogP contribution in [0, 0.1) is 0 Å². The zero-order valence-corrected chi connectivity index (χ0v) is 10.0. The lowest BCUT2D eigenvalue weighted by atomic mass is 10.3. The van der Waals surface area contributed by atoms with E-state index in [0.717, 1.165) is 0 Å². The van der Waals surface area contributed by atoms with Gasteiger partial charge in [0.15, 0.2) is 5.75 Å². The molecule has 0 spiro atoms. The van der Waals surface area contributed by atoms with E-state index in [-0.39, 0.29) is 22.4 Å². The van der Waals surface area contributed by atoms with E-state index in [0.29, 0.717) is 0 Å². The average molecular weight is 290 g/mol. The highest BCUT2D eigenvalue weighted by molar-refractivity contribution is 6.29. The minimum atomic E-state index is -4.76. The van der Waals surface area contributed by atoms with Gasteiger partial charge in [-0.2, -0.15) is 0 Å². The molecule has 0 saturated carbocycles. The monoisotopic (exact) mass is 289 g/mol. The van der Waals surface area contributed by atoms with Crippen molar-refractivity contribution in [1.82, 2.24) is 9.97 Å². The fraction of sp³-hybridized carbons (Fsp3) is 0.0909. The molecule has 0 unspecified atom stereocenters. The number of rotatable bonds is 3. The Bertz CT molecular complexity index is 577. The van der Waals surface area contributed by atoms with E-state index in [2.05, 4.69) is 20.0 Å². The van der Waals surface area contributed by atoms with Crippen molar-refractivity contribution in [3.8, 4) is 5.75 Å². The second kappa shape index (κ2) is 5.31. The van der Waals surface area contributed by atoms with E-state index in [1.165, 1.54) is 30.6 Å². The molecule has 0 saturated heterocycles. The van der Waals surface area contributed by atoms with E-state index < -0.39 is 6.36 Å². The minimum absolute atomic E-state index is 0.120. The summed E-state index contributed by atoms with van der Waals surface area (Å²) in [5, 5.41) is 2.85. The van der Waals surface area contributed by atoms with Crippen molar-refractivity contribution in [2.75, 3.05) is 5.32 Å². The maximum absolute atomic E-state index is 12.2. The van der Waals surface area contributed by atoms with Crippen LogP contribution in [0.2, 0.25) is 5.15 Å². The van der Waals surface area contributed by atoms with Crippen LogP contribution in [0.4, 0.5) is 24.7 Å². The number of nitrogens with zero attached hydrogens (tertiary/aromatic N) is 2. The third-order valence-electron chi connectivity index (χ3n) is 2.01. The van der Waals surface area contributed by atoms with Crippen molar-refractivity contribution in [2.24, 2.45) is 0 Å². The van der Waals surface area contributed by atoms with Crippen LogP contribution in [0.15, 0.2) is 36.7 Å². The lowest BCUT2D eigenvalue weighted by Crippen LogP contribution is -2.17. The van der Waals surface area contributed by atoms with Crippen LogP contribution in [-0.2, 0) is 0 Å². The largest absolute Gasteiger partial charge is 0.573 e. The van der Waals surface area contributed by atoms with Gasteiger partial charge in [-0.3, -0.25) is 0 Å². The molecule has 2 rings (SSSR count). The first-order valence-corrected chi connectivity index (χ1v) is 5.41. The van der Waals surface area contributed by atoms with Crippen molar-refractivity contribution >= 4 is 23.1 Å². The average Bonchev–Trinajstić information content (AvgIpc) is 2.30. The summed E-state index contributed by atoms with van der Waals surface area (Å²) in [7, 11) is 0. The van der Waals surface area contributed by atoms with Crippen LogP contribution in [-0.4, -0.2) is 16.3 Å². The summed E-state index contributed by atoms with van der Waals surface area (Å²) >= 11 is 5.65. The number of aromatic nitrogens is 2. The third kappa shape index (κ3) is 3.99. The van der Waals surface area contributed by atoms with Gasteiger partial charge in [-0.15, -0.1) is 13.2 Å². The fourth-order valence-corrected chi connectivity index (χ4v) is 1.47. The molecule has 0 fully saturated rings. The summed E-state index contributed by atoms with van der Waals surface area (Å²) in [5.41, 5.74) is 0.120. The highest BCUT2D eigenvalue weighted by atomic mass is 35.5. The smallest absolute Gasteiger partial charge is 0.404 e. The Morgan fingerprint density at radius 2 is 1.89 bits per heavy atom. The molecule has 0 radical (unpaired) electrons. The molecule has 100 valence electrons. The molecular weight excluding hydrogens is 283 g/mol. The van der Waals surface area contributed by atoms with Gasteiger partial charge >= 0.3 is 6.36 Å². The van der Waals surface area contributed by atoms with Gasteiger partial charge in [0.2, 0.25) is 0 Å². The minimum Gasteiger partial charge on any atom is -0.404 e. The summed E-state index contributed by atoms with van der Waals surface area (Å²) in [6.07, 6.45) is -3.57. The first kappa shape index (κ1) is 13.4. The zero-order valence-electron chi connectivity index (χ0n) is 9.28. The Balaban J connectivity index is 2.25. The van der Waals surface area contributed by atoms with Crippen molar-refractivity contribution in [3.05, 3.63) is 41.8 Å². The quantitative estimate of drug-likeness (QED) is 0.874. The third-order valence-corrected chi connectivity index (χ3v) is 2.22. The van der Waals surface area contributed by atoms with Crippen molar-refractivity contribution in [1.29, 1.82) is 0 Å². The number of benzene rings is 1. The first-order valence-electron chi connectivity index (χ1n) is 5.03. The summed E-state index contributed by atoms with van der Waals surface area (Å²) in [5.74, 6) is -0.0945. The van der Waals surface area contributed by atoms with Crippen LogP contribution in [0.5, 0.6) is 5.75 Å². The topological polar surface area (TPSA) is 47.0 Å². The van der Waals surface area contributed by atoms with E-state index in [9.17, 15) is 13.2 Å². The first-order chi connectivity index (χ1) is 8.94. The van der Waals surface area contributed by atoms with E-state index in [1.807, 2.05) is 0 Å². The molecule has 2 aromatic rings. The van der Waals surface area contributed by atoms with Crippen molar-refractivity contribution in [2.45, 2.75) is 6.36 Å². The second-order valence-electron chi connectivity index (χ2n) is 3.39. The summed E-state index contributed by atoms with van der Waals surface area (Å²) < 4.78 is 40.6. The molecule has 0 aliphatic rings. The number of hydrogen-bond donors (Lipinski definition) is 1. The van der Waals surface area contributed by atoms with Crippen LogP contribution in [0.25, 0.3) is 0 Å². The molecule has 4 nitrogen and oxygen atoms in total. The Kier molecular flexibility index (Phi) is 3.75. The Labute approximate surface area is 111 Å². The maximum Gasteiger partial charge on any atom is 0.573 e. The predicted molar refractivity (Wildman–Crippen MR) is 63.4 cm³/mol. The molecule has 8 heteroatoms. The molecule has 19 heavy (non-hydrogen) atoms. The van der Waals surface area contributed by atoms with Gasteiger partial charge < -0.3 is 10.1 Å². The normalized spacial score (nSPS) is 11.2. The van der Waals surface area contributed by atoms with Crippen LogP contribution >= 0.6 is 11.6 Å². The highest BCUT2D eigenvalue weighted by Crippen LogP contribution is 2.31. The number of ether oxygens (including phenoxy) is 1. The SMILES string of the molecule is FC(F)(F)Oc1ccccc1Nc1cc(Cl)ncn1. The molecule has 1 N–H and O–H groups in total. The molecule has 1 heterocycles. The lowest BCUT2D eigenvalue weighted by Gasteiger charge is -2.13. The summed E-state index contributed by atoms with van der Waals surface area (Å²) in [6.45, 7) is 0. The summed E-state index contributed by atoms with van der Waals surface area (Å²) in [4.78, 5) is 7.50. The van der Waals surface area contributed by atoms with Gasteiger partial charge in [-0.1, -0.05) is 23.7 Å². The number of nitrogens with one attached hydrogen (secondary N) is 1. The predicted octanol–water partition coefficient (Wildman–Crippen LogP) is 3.77. The van der Waals surface area contributed by atoms with Gasteiger partial charge in [-0.25, -0.2) is 9.97 Å². The molecule has 1 aromatic carbocycles. The zero-order chi connectivity index (χ0) is 13.9. The lowest BCUT2D eigenvalue weighted by molar-refractivity contribution is -0.274. The molecule has 0 amide bonds. The van der Waals surface area contributed by atoms with Gasteiger partial charge in [-0.05, 0) is 12.1 Å². The van der Waals surface area contributed by atoms with Crippen LogP contribution in [0.1, 0.15) is 0 Å². The number of halogens is 4. The van der Waals surface area contributed by atoms with Gasteiger partial charge in [0.25, 0.3) is 0 Å². The molecular formula is C11H7ClF3N3O. The molecule has 0 atom stereocenters. The van der Waals surface area contributed by atoms with E-state index >= 15 is 0 Å². The standard InChI is InChI=1S/C11H7ClF3N3O/c12-9-5-10(17-6-16-9)18-7-3-1-2-4-8(7)19-11(13,14)15/h1-6H,(H,16,17,18). The van der Waals surface area contributed by atoms with Crippen molar-refractivity contribution in [3.63, 3.8) is 0 Å². The number of anilines is 2. The molecule has 0 bridgehead atoms. The van der Waals surface area contributed by atoms with Crippen LogP contribution in [0.3, 0.4) is 0 Å². The Morgan fingerprint density at radius 3 is 2.58 bits per heavy atom. The Morgan fingerprint density at radius 1 is 1.16 bits per heavy atom. The Hall–Kier alpha value is -2.02. The highest BCUT2D eigenvalue weighted by Gasteiger charge is 2.32. The maximum atomic E-state index is 12.2. The number of para-hydroxylation sites is 2. The molecule has 0 aliphatic carbocycles. The molecule has 1 aromatic heterocycles. The second-order valence-corrected chi connectivity index (χ2v) is 3.78. The number of hydrogen-bond acceptors (Lipinski definition) is 4. The van der Waals surface area contributed by atoms with Crippen molar-refractivity contribution < 1.29 is 17.9 Å².